The minimum absolute atomic E-state index is 0.169. The molecule has 5 rings (SSSR count). The van der Waals surface area contributed by atoms with Crippen LogP contribution in [0.4, 0.5) is 5.82 Å². The molecule has 2 heterocycles. The van der Waals surface area contributed by atoms with Crippen molar-refractivity contribution in [1.82, 2.24) is 14.9 Å². The van der Waals surface area contributed by atoms with Crippen LogP contribution in [0.2, 0.25) is 0 Å². The molecule has 0 unspecified atom stereocenters. The maximum atomic E-state index is 6.12. The Bertz CT molecular complexity index is 1240. The summed E-state index contributed by atoms with van der Waals surface area (Å²) >= 11 is 0. The van der Waals surface area contributed by atoms with Gasteiger partial charge in [-0.15, -0.1) is 0 Å². The van der Waals surface area contributed by atoms with Crippen LogP contribution < -0.4 is 4.90 Å². The molecule has 1 fully saturated rings. The second-order valence-electron chi connectivity index (χ2n) is 11.3. The number of hydrogen-bond donors (Lipinski definition) is 0. The van der Waals surface area contributed by atoms with Crippen molar-refractivity contribution in [3.63, 3.8) is 0 Å². The lowest BCUT2D eigenvalue weighted by Crippen LogP contribution is -2.46. The van der Waals surface area contributed by atoms with Crippen LogP contribution in [0.1, 0.15) is 80.1 Å². The van der Waals surface area contributed by atoms with Crippen LogP contribution in [0.15, 0.2) is 42.5 Å². The third-order valence-electron chi connectivity index (χ3n) is 8.41. The number of benzene rings is 2. The van der Waals surface area contributed by atoms with E-state index >= 15 is 0 Å². The van der Waals surface area contributed by atoms with E-state index in [2.05, 4.69) is 93.9 Å². The molecule has 0 spiro atoms. The summed E-state index contributed by atoms with van der Waals surface area (Å²) in [5, 5.41) is 0. The molecular formula is C33H44N4O. The van der Waals surface area contributed by atoms with E-state index in [9.17, 15) is 0 Å². The Hall–Kier alpha value is -2.76. The third kappa shape index (κ3) is 5.37. The van der Waals surface area contributed by atoms with E-state index in [4.69, 9.17) is 14.7 Å². The first-order valence-corrected chi connectivity index (χ1v) is 14.6. The van der Waals surface area contributed by atoms with Gasteiger partial charge in [-0.2, -0.15) is 0 Å². The van der Waals surface area contributed by atoms with Crippen LogP contribution in [0.25, 0.3) is 11.4 Å². The van der Waals surface area contributed by atoms with Gasteiger partial charge in [0.2, 0.25) is 0 Å². The Kier molecular flexibility index (Phi) is 8.15. The predicted octanol–water partition coefficient (Wildman–Crippen LogP) is 6.70. The topological polar surface area (TPSA) is 41.5 Å². The van der Waals surface area contributed by atoms with Gasteiger partial charge in [0.25, 0.3) is 0 Å². The molecule has 5 nitrogen and oxygen atoms in total. The van der Waals surface area contributed by atoms with Crippen LogP contribution in [-0.4, -0.2) is 47.2 Å². The van der Waals surface area contributed by atoms with E-state index < -0.39 is 0 Å². The van der Waals surface area contributed by atoms with E-state index in [-0.39, 0.29) is 12.2 Å². The van der Waals surface area contributed by atoms with Crippen molar-refractivity contribution in [1.29, 1.82) is 0 Å². The zero-order chi connectivity index (χ0) is 26.8. The van der Waals surface area contributed by atoms with Crippen molar-refractivity contribution in [2.75, 3.05) is 25.0 Å². The molecule has 0 bridgehead atoms. The molecule has 1 aliphatic carbocycles. The van der Waals surface area contributed by atoms with E-state index in [0.717, 1.165) is 49.8 Å². The van der Waals surface area contributed by atoms with Gasteiger partial charge < -0.3 is 9.64 Å². The lowest BCUT2D eigenvalue weighted by atomic mass is 9.87. The molecule has 1 aliphatic heterocycles. The number of aromatic nitrogens is 2. The maximum absolute atomic E-state index is 6.12. The number of nitrogens with zero attached hydrogens (tertiary/aromatic N) is 4. The number of rotatable bonds is 7. The number of morpholine rings is 1. The first kappa shape index (κ1) is 26.8. The summed E-state index contributed by atoms with van der Waals surface area (Å²) in [4.78, 5) is 15.6. The standard InChI is InChI=1S/C33H44N4O/c1-7-25-14-11-15-26(8-2)31(25)32-34-24(5)29(33(35-32)37-19-22(3)38-23(4)20-37)21-36(6)30-18-12-16-27-13-9-10-17-28(27)30/h9-11,13-15,17,22-23,30H,7-8,12,16,18-21H2,1-6H3/t22-,23-,30-/m0/s1. The van der Waals surface area contributed by atoms with Crippen LogP contribution in [0.3, 0.4) is 0 Å². The van der Waals surface area contributed by atoms with Crippen molar-refractivity contribution < 1.29 is 4.74 Å². The van der Waals surface area contributed by atoms with E-state index in [1.165, 1.54) is 52.6 Å². The van der Waals surface area contributed by atoms with Gasteiger partial charge in [-0.1, -0.05) is 56.3 Å². The second kappa shape index (κ2) is 11.5. The normalized spacial score (nSPS) is 21.6. The SMILES string of the molecule is CCc1cccc(CC)c1-c1nc(C)c(CN(C)[C@H]2CCCc3ccccc32)c(N2C[C@H](C)O[C@@H](C)C2)n1. The van der Waals surface area contributed by atoms with Gasteiger partial charge in [0.05, 0.1) is 12.2 Å². The van der Waals surface area contributed by atoms with Gasteiger partial charge in [-0.3, -0.25) is 4.90 Å². The van der Waals surface area contributed by atoms with E-state index in [1.54, 1.807) is 0 Å². The van der Waals surface area contributed by atoms with Crippen molar-refractivity contribution in [2.24, 2.45) is 0 Å². The first-order chi connectivity index (χ1) is 18.4. The number of hydrogen-bond acceptors (Lipinski definition) is 5. The van der Waals surface area contributed by atoms with Gasteiger partial charge in [0, 0.05) is 42.5 Å². The molecule has 0 saturated carbocycles. The fraction of sp³-hybridized carbons (Fsp3) is 0.515. The monoisotopic (exact) mass is 512 g/mol. The minimum atomic E-state index is 0.169. The van der Waals surface area contributed by atoms with Crippen molar-refractivity contribution in [3.8, 4) is 11.4 Å². The molecule has 2 aromatic carbocycles. The van der Waals surface area contributed by atoms with Gasteiger partial charge in [-0.25, -0.2) is 9.97 Å². The zero-order valence-corrected chi connectivity index (χ0v) is 24.1. The Balaban J connectivity index is 1.59. The average Bonchev–Trinajstić information content (AvgIpc) is 2.92. The fourth-order valence-corrected chi connectivity index (χ4v) is 6.57. The molecule has 5 heteroatoms. The second-order valence-corrected chi connectivity index (χ2v) is 11.3. The summed E-state index contributed by atoms with van der Waals surface area (Å²) in [5.74, 6) is 1.95. The Morgan fingerprint density at radius 2 is 1.63 bits per heavy atom. The molecule has 3 aromatic rings. The molecule has 0 radical (unpaired) electrons. The molecule has 1 aromatic heterocycles. The maximum Gasteiger partial charge on any atom is 0.162 e. The van der Waals surface area contributed by atoms with Crippen molar-refractivity contribution in [2.45, 2.75) is 91.5 Å². The van der Waals surface area contributed by atoms with Gasteiger partial charge in [0.15, 0.2) is 5.82 Å². The lowest BCUT2D eigenvalue weighted by Gasteiger charge is -2.38. The summed E-state index contributed by atoms with van der Waals surface area (Å²) in [5.41, 5.74) is 9.17. The van der Waals surface area contributed by atoms with E-state index in [0.29, 0.717) is 6.04 Å². The van der Waals surface area contributed by atoms with Gasteiger partial charge in [0.1, 0.15) is 5.82 Å². The summed E-state index contributed by atoms with van der Waals surface area (Å²) in [6, 6.07) is 16.0. The van der Waals surface area contributed by atoms with Crippen LogP contribution in [-0.2, 0) is 30.5 Å². The van der Waals surface area contributed by atoms with Crippen molar-refractivity contribution >= 4 is 5.82 Å². The fourth-order valence-electron chi connectivity index (χ4n) is 6.57. The lowest BCUT2D eigenvalue weighted by molar-refractivity contribution is -0.00555. The molecule has 3 atom stereocenters. The smallest absolute Gasteiger partial charge is 0.162 e. The Morgan fingerprint density at radius 3 is 2.32 bits per heavy atom. The summed E-state index contributed by atoms with van der Waals surface area (Å²) in [6.07, 6.45) is 5.89. The predicted molar refractivity (Wildman–Crippen MR) is 157 cm³/mol. The molecule has 0 amide bonds. The highest BCUT2D eigenvalue weighted by Gasteiger charge is 2.30. The molecule has 38 heavy (non-hydrogen) atoms. The van der Waals surface area contributed by atoms with E-state index in [1.807, 2.05) is 0 Å². The highest BCUT2D eigenvalue weighted by Crippen LogP contribution is 2.37. The third-order valence-corrected chi connectivity index (χ3v) is 8.41. The Morgan fingerprint density at radius 1 is 0.947 bits per heavy atom. The van der Waals surface area contributed by atoms with Crippen LogP contribution >= 0.6 is 0 Å². The quantitative estimate of drug-likeness (QED) is 0.352. The van der Waals surface area contributed by atoms with Crippen LogP contribution in [0, 0.1) is 6.92 Å². The molecular weight excluding hydrogens is 468 g/mol. The number of aryl methyl sites for hydroxylation is 4. The summed E-state index contributed by atoms with van der Waals surface area (Å²) in [6.45, 7) is 13.5. The molecule has 2 aliphatic rings. The minimum Gasteiger partial charge on any atom is -0.372 e. The molecule has 202 valence electrons. The molecule has 0 N–H and O–H groups in total. The number of ether oxygens (including phenoxy) is 1. The summed E-state index contributed by atoms with van der Waals surface area (Å²) in [7, 11) is 2.27. The number of anilines is 1. The van der Waals surface area contributed by atoms with Crippen LogP contribution in [0.5, 0.6) is 0 Å². The molecule has 1 saturated heterocycles. The van der Waals surface area contributed by atoms with Crippen molar-refractivity contribution in [3.05, 3.63) is 76.0 Å². The van der Waals surface area contributed by atoms with Gasteiger partial charge in [-0.05, 0) is 82.2 Å². The Labute approximate surface area is 229 Å². The zero-order valence-electron chi connectivity index (χ0n) is 24.1. The first-order valence-electron chi connectivity index (χ1n) is 14.6. The largest absolute Gasteiger partial charge is 0.372 e. The highest BCUT2D eigenvalue weighted by atomic mass is 16.5. The average molecular weight is 513 g/mol. The highest BCUT2D eigenvalue weighted by molar-refractivity contribution is 5.68. The number of fused-ring (bicyclic) bond motifs is 1. The van der Waals surface area contributed by atoms with Gasteiger partial charge >= 0.3 is 0 Å². The summed E-state index contributed by atoms with van der Waals surface area (Å²) < 4.78 is 6.12.